The third-order valence-corrected chi connectivity index (χ3v) is 3.77. The third kappa shape index (κ3) is 2.95. The lowest BCUT2D eigenvalue weighted by atomic mass is 9.93. The molecule has 0 unspecified atom stereocenters. The van der Waals surface area contributed by atoms with Crippen molar-refractivity contribution in [3.05, 3.63) is 60.1 Å². The van der Waals surface area contributed by atoms with Crippen LogP contribution in [0.2, 0.25) is 0 Å². The van der Waals surface area contributed by atoms with E-state index in [2.05, 4.69) is 47.6 Å². The summed E-state index contributed by atoms with van der Waals surface area (Å²) in [5, 5.41) is 11.3. The van der Waals surface area contributed by atoms with E-state index in [1.54, 1.807) is 6.07 Å². The molecule has 0 radical (unpaired) electrons. The summed E-state index contributed by atoms with van der Waals surface area (Å²) in [7, 11) is 0. The van der Waals surface area contributed by atoms with E-state index in [9.17, 15) is 4.79 Å². The van der Waals surface area contributed by atoms with Gasteiger partial charge in [0, 0.05) is 23.7 Å². The Morgan fingerprint density at radius 1 is 1.30 bits per heavy atom. The van der Waals surface area contributed by atoms with Crippen molar-refractivity contribution in [2.24, 2.45) is 5.41 Å². The van der Waals surface area contributed by atoms with Gasteiger partial charge in [-0.2, -0.15) is 0 Å². The fourth-order valence-electron chi connectivity index (χ4n) is 2.51. The predicted octanol–water partition coefficient (Wildman–Crippen LogP) is 3.01. The van der Waals surface area contributed by atoms with Crippen LogP contribution in [0.3, 0.4) is 0 Å². The van der Waals surface area contributed by atoms with E-state index in [1.807, 2.05) is 35.7 Å². The zero-order valence-electron chi connectivity index (χ0n) is 13.6. The number of aromatic nitrogens is 3. The van der Waals surface area contributed by atoms with Crippen molar-refractivity contribution in [3.63, 3.8) is 0 Å². The Hall–Kier alpha value is -2.69. The Labute approximate surface area is 135 Å². The van der Waals surface area contributed by atoms with Crippen molar-refractivity contribution in [2.75, 3.05) is 6.54 Å². The Morgan fingerprint density at radius 3 is 2.91 bits per heavy atom. The van der Waals surface area contributed by atoms with E-state index < -0.39 is 0 Å². The molecule has 2 aromatic heterocycles. The maximum absolute atomic E-state index is 12.2. The zero-order chi connectivity index (χ0) is 16.4. The molecule has 0 fully saturated rings. The molecule has 1 aliphatic rings. The van der Waals surface area contributed by atoms with Gasteiger partial charge in [-0.05, 0) is 19.1 Å². The average molecular weight is 308 g/mol. The van der Waals surface area contributed by atoms with Crippen molar-refractivity contribution >= 4 is 17.1 Å². The van der Waals surface area contributed by atoms with Crippen LogP contribution in [-0.4, -0.2) is 27.0 Å². The molecule has 0 aromatic carbocycles. The Bertz CT molecular complexity index is 840. The van der Waals surface area contributed by atoms with Crippen molar-refractivity contribution < 1.29 is 4.79 Å². The van der Waals surface area contributed by atoms with E-state index in [0.29, 0.717) is 17.8 Å². The molecule has 0 saturated carbocycles. The molecular weight excluding hydrogens is 288 g/mol. The summed E-state index contributed by atoms with van der Waals surface area (Å²) in [5.74, 6) is 0.591. The van der Waals surface area contributed by atoms with Gasteiger partial charge in [-0.3, -0.25) is 9.20 Å². The lowest BCUT2D eigenvalue weighted by Gasteiger charge is -2.12. The van der Waals surface area contributed by atoms with Gasteiger partial charge in [-0.25, -0.2) is 0 Å². The van der Waals surface area contributed by atoms with Crippen LogP contribution in [0.1, 0.15) is 37.0 Å². The van der Waals surface area contributed by atoms with E-state index in [0.717, 1.165) is 11.4 Å². The summed E-state index contributed by atoms with van der Waals surface area (Å²) in [6, 6.07) is 3.60. The topological polar surface area (TPSA) is 59.3 Å². The number of nitrogens with zero attached hydrogens (tertiary/aromatic N) is 3. The van der Waals surface area contributed by atoms with Gasteiger partial charge in [-0.15, -0.1) is 10.2 Å². The summed E-state index contributed by atoms with van der Waals surface area (Å²) in [5.41, 5.74) is 2.06. The number of hydrogen-bond acceptors (Lipinski definition) is 3. The van der Waals surface area contributed by atoms with Crippen LogP contribution in [0.5, 0.6) is 0 Å². The van der Waals surface area contributed by atoms with Gasteiger partial charge in [0.15, 0.2) is 11.5 Å². The van der Waals surface area contributed by atoms with Crippen molar-refractivity contribution in [2.45, 2.75) is 20.8 Å². The van der Waals surface area contributed by atoms with Crippen LogP contribution >= 0.6 is 0 Å². The van der Waals surface area contributed by atoms with Crippen LogP contribution in [0.25, 0.3) is 11.2 Å². The van der Waals surface area contributed by atoms with Crippen molar-refractivity contribution in [1.29, 1.82) is 0 Å². The van der Waals surface area contributed by atoms with Gasteiger partial charge < -0.3 is 5.32 Å². The van der Waals surface area contributed by atoms with Gasteiger partial charge in [0.25, 0.3) is 5.91 Å². The summed E-state index contributed by atoms with van der Waals surface area (Å²) in [4.78, 5) is 12.2. The third-order valence-electron chi connectivity index (χ3n) is 3.77. The molecule has 5 heteroatoms. The molecule has 1 N–H and O–H groups in total. The average Bonchev–Trinajstić information content (AvgIpc) is 2.86. The maximum Gasteiger partial charge on any atom is 0.255 e. The maximum atomic E-state index is 12.2. The quantitative estimate of drug-likeness (QED) is 0.948. The molecule has 0 saturated heterocycles. The second-order valence-corrected chi connectivity index (χ2v) is 6.13. The fourth-order valence-corrected chi connectivity index (χ4v) is 2.51. The number of carbonyl (C=O) groups is 1. The number of carbonyl (C=O) groups excluding carboxylic acids is 1. The number of fused-ring (bicyclic) bond motifs is 1. The number of rotatable bonds is 3. The molecule has 2 heterocycles. The number of amides is 1. The van der Waals surface area contributed by atoms with Gasteiger partial charge in [-0.1, -0.05) is 44.2 Å². The first kappa shape index (κ1) is 15.2. The lowest BCUT2D eigenvalue weighted by Crippen LogP contribution is -2.23. The minimum Gasteiger partial charge on any atom is -0.352 e. The number of allylic oxidation sites excluding steroid dienone is 6. The normalized spacial score (nSPS) is 16.2. The zero-order valence-corrected chi connectivity index (χ0v) is 13.6. The second-order valence-electron chi connectivity index (χ2n) is 6.13. The molecule has 0 atom stereocenters. The van der Waals surface area contributed by atoms with Crippen molar-refractivity contribution in [1.82, 2.24) is 19.9 Å². The highest BCUT2D eigenvalue weighted by Crippen LogP contribution is 2.26. The van der Waals surface area contributed by atoms with Gasteiger partial charge >= 0.3 is 0 Å². The molecule has 2 aromatic rings. The standard InChI is InChI=1S/C18H20N4O/c1-4-19-17(23)14-8-6-12-22-15(20-21-16(14)22)13-7-5-10-18(2,3)11-9-13/h5-12H,4H2,1-3H3,(H,19,23). The molecule has 1 amide bonds. The first-order chi connectivity index (χ1) is 11.0. The number of nitrogens with one attached hydrogen (secondary N) is 1. The molecule has 23 heavy (non-hydrogen) atoms. The van der Waals surface area contributed by atoms with E-state index in [1.165, 1.54) is 0 Å². The predicted molar refractivity (Wildman–Crippen MR) is 91.0 cm³/mol. The van der Waals surface area contributed by atoms with E-state index in [-0.39, 0.29) is 11.3 Å². The van der Waals surface area contributed by atoms with Crippen LogP contribution < -0.4 is 5.32 Å². The summed E-state index contributed by atoms with van der Waals surface area (Å²) in [6.07, 6.45) is 12.2. The highest BCUT2D eigenvalue weighted by Gasteiger charge is 2.17. The first-order valence-corrected chi connectivity index (χ1v) is 7.73. The lowest BCUT2D eigenvalue weighted by molar-refractivity contribution is 0.0957. The fraction of sp³-hybridized carbons (Fsp3) is 0.278. The van der Waals surface area contributed by atoms with Crippen LogP contribution in [-0.2, 0) is 0 Å². The summed E-state index contributed by atoms with van der Waals surface area (Å²) < 4.78 is 1.85. The first-order valence-electron chi connectivity index (χ1n) is 7.73. The molecule has 5 nitrogen and oxygen atoms in total. The largest absolute Gasteiger partial charge is 0.352 e. The molecule has 0 aliphatic heterocycles. The van der Waals surface area contributed by atoms with Crippen LogP contribution in [0, 0.1) is 5.41 Å². The highest BCUT2D eigenvalue weighted by molar-refractivity contribution is 5.99. The van der Waals surface area contributed by atoms with Crippen LogP contribution in [0.15, 0.2) is 48.7 Å². The van der Waals surface area contributed by atoms with Gasteiger partial charge in [0.2, 0.25) is 0 Å². The molecule has 118 valence electrons. The molecule has 0 bridgehead atoms. The van der Waals surface area contributed by atoms with E-state index >= 15 is 0 Å². The van der Waals surface area contributed by atoms with E-state index in [4.69, 9.17) is 0 Å². The van der Waals surface area contributed by atoms with Crippen LogP contribution in [0.4, 0.5) is 0 Å². The SMILES string of the molecule is CCNC(=O)c1cccn2c(C3=CC=CC(C)(C)C=C3)nnc12. The Kier molecular flexibility index (Phi) is 3.86. The molecule has 0 spiro atoms. The minimum absolute atomic E-state index is 0.00487. The Balaban J connectivity index is 2.08. The van der Waals surface area contributed by atoms with Crippen molar-refractivity contribution in [3.8, 4) is 0 Å². The number of pyridine rings is 1. The molecule has 1 aliphatic carbocycles. The Morgan fingerprint density at radius 2 is 2.13 bits per heavy atom. The highest BCUT2D eigenvalue weighted by atomic mass is 16.1. The second kappa shape index (κ2) is 5.83. The molecule has 3 rings (SSSR count). The summed E-state index contributed by atoms with van der Waals surface area (Å²) >= 11 is 0. The van der Waals surface area contributed by atoms with Gasteiger partial charge in [0.05, 0.1) is 5.56 Å². The minimum atomic E-state index is -0.136. The summed E-state index contributed by atoms with van der Waals surface area (Å²) in [6.45, 7) is 6.76. The van der Waals surface area contributed by atoms with Gasteiger partial charge in [0.1, 0.15) is 0 Å². The smallest absolute Gasteiger partial charge is 0.255 e. The number of hydrogen-bond donors (Lipinski definition) is 1. The molecular formula is C18H20N4O. The monoisotopic (exact) mass is 308 g/mol.